The lowest BCUT2D eigenvalue weighted by atomic mass is 10.0. The van der Waals surface area contributed by atoms with Crippen molar-refractivity contribution in [1.82, 2.24) is 0 Å². The molecule has 0 bridgehead atoms. The number of anilines is 5. The number of ether oxygens (including phenoxy) is 3. The van der Waals surface area contributed by atoms with Crippen LogP contribution in [0.5, 0.6) is 17.2 Å². The van der Waals surface area contributed by atoms with Crippen LogP contribution in [0, 0.1) is 0 Å². The van der Waals surface area contributed by atoms with Crippen LogP contribution >= 0.6 is 0 Å². The van der Waals surface area contributed by atoms with Crippen molar-refractivity contribution in [2.24, 2.45) is 0 Å². The number of hydrogen-bond donors (Lipinski definition) is 1. The summed E-state index contributed by atoms with van der Waals surface area (Å²) in [5, 5.41) is 3.45. The van der Waals surface area contributed by atoms with E-state index in [9.17, 15) is 0 Å². The zero-order valence-electron chi connectivity index (χ0n) is 25.0. The first kappa shape index (κ1) is 28.4. The van der Waals surface area contributed by atoms with Gasteiger partial charge in [0.25, 0.3) is 0 Å². The maximum Gasteiger partial charge on any atom is 0.119 e. The Morgan fingerprint density at radius 1 is 0.341 bits per heavy atom. The van der Waals surface area contributed by atoms with E-state index in [1.54, 1.807) is 21.3 Å². The Labute approximate surface area is 258 Å². The number of rotatable bonds is 10. The first-order valence-corrected chi connectivity index (χ1v) is 14.4. The van der Waals surface area contributed by atoms with Crippen LogP contribution in [0.3, 0.4) is 0 Å². The van der Waals surface area contributed by atoms with Crippen molar-refractivity contribution in [1.29, 1.82) is 0 Å². The summed E-state index contributed by atoms with van der Waals surface area (Å²) in [6, 6.07) is 50.0. The van der Waals surface area contributed by atoms with Gasteiger partial charge in [0, 0.05) is 28.4 Å². The first-order chi connectivity index (χ1) is 21.6. The summed E-state index contributed by atoms with van der Waals surface area (Å²) >= 11 is 0. The fourth-order valence-corrected chi connectivity index (χ4v) is 5.15. The molecule has 0 aliphatic rings. The molecule has 0 radical (unpaired) electrons. The molecular formula is C39H34N2O3. The predicted molar refractivity (Wildman–Crippen MR) is 181 cm³/mol. The summed E-state index contributed by atoms with van der Waals surface area (Å²) in [4.78, 5) is 2.25. The van der Waals surface area contributed by atoms with Gasteiger partial charge in [-0.25, -0.2) is 0 Å². The third-order valence-electron chi connectivity index (χ3n) is 7.60. The van der Waals surface area contributed by atoms with E-state index in [-0.39, 0.29) is 0 Å². The predicted octanol–water partition coefficient (Wildman–Crippen LogP) is 10.3. The van der Waals surface area contributed by atoms with Gasteiger partial charge in [-0.2, -0.15) is 0 Å². The van der Waals surface area contributed by atoms with Crippen LogP contribution in [-0.4, -0.2) is 21.3 Å². The van der Waals surface area contributed by atoms with Crippen LogP contribution in [0.4, 0.5) is 28.4 Å². The number of benzene rings is 6. The maximum absolute atomic E-state index is 5.42. The van der Waals surface area contributed by atoms with Gasteiger partial charge in [-0.3, -0.25) is 0 Å². The molecular weight excluding hydrogens is 544 g/mol. The summed E-state index contributed by atoms with van der Waals surface area (Å²) in [6.45, 7) is 0. The van der Waals surface area contributed by atoms with E-state index in [4.69, 9.17) is 14.2 Å². The normalized spacial score (nSPS) is 10.6. The molecule has 0 spiro atoms. The Hall–Kier alpha value is -5.68. The highest BCUT2D eigenvalue weighted by atomic mass is 16.5. The molecule has 0 aliphatic heterocycles. The fraction of sp³-hybridized carbons (Fsp3) is 0.0769. The summed E-state index contributed by atoms with van der Waals surface area (Å²) in [5.41, 5.74) is 9.80. The molecule has 0 saturated carbocycles. The van der Waals surface area contributed by atoms with Gasteiger partial charge in [0.1, 0.15) is 17.2 Å². The Bertz CT molecular complexity index is 1780. The van der Waals surface area contributed by atoms with E-state index in [2.05, 4.69) is 107 Å². The van der Waals surface area contributed by atoms with Crippen molar-refractivity contribution in [2.45, 2.75) is 0 Å². The van der Waals surface area contributed by atoms with Gasteiger partial charge in [-0.15, -0.1) is 0 Å². The Morgan fingerprint density at radius 3 is 0.955 bits per heavy atom. The molecule has 0 saturated heterocycles. The van der Waals surface area contributed by atoms with Gasteiger partial charge in [0.05, 0.1) is 21.3 Å². The van der Waals surface area contributed by atoms with Gasteiger partial charge in [0.2, 0.25) is 0 Å². The number of methoxy groups -OCH3 is 3. The van der Waals surface area contributed by atoms with Crippen LogP contribution in [0.15, 0.2) is 146 Å². The highest BCUT2D eigenvalue weighted by Gasteiger charge is 2.14. The molecule has 0 atom stereocenters. The molecule has 0 amide bonds. The first-order valence-electron chi connectivity index (χ1n) is 14.4. The third kappa shape index (κ3) is 6.37. The lowest BCUT2D eigenvalue weighted by Gasteiger charge is -2.26. The van der Waals surface area contributed by atoms with E-state index in [0.717, 1.165) is 67.9 Å². The van der Waals surface area contributed by atoms with Crippen LogP contribution in [0.1, 0.15) is 0 Å². The minimum Gasteiger partial charge on any atom is -0.497 e. The molecule has 0 aromatic heterocycles. The van der Waals surface area contributed by atoms with Crippen molar-refractivity contribution >= 4 is 28.4 Å². The zero-order valence-corrected chi connectivity index (χ0v) is 25.0. The Kier molecular flexibility index (Phi) is 8.46. The molecule has 218 valence electrons. The van der Waals surface area contributed by atoms with Gasteiger partial charge >= 0.3 is 0 Å². The molecule has 44 heavy (non-hydrogen) atoms. The molecule has 6 aromatic rings. The maximum atomic E-state index is 5.42. The van der Waals surface area contributed by atoms with Crippen LogP contribution in [-0.2, 0) is 0 Å². The molecule has 0 aliphatic carbocycles. The number of nitrogens with zero attached hydrogens (tertiary/aromatic N) is 1. The third-order valence-corrected chi connectivity index (χ3v) is 7.60. The largest absolute Gasteiger partial charge is 0.497 e. The molecule has 5 heteroatoms. The summed E-state index contributed by atoms with van der Waals surface area (Å²) in [6.07, 6.45) is 0. The molecule has 1 N–H and O–H groups in total. The van der Waals surface area contributed by atoms with Crippen LogP contribution in [0.2, 0.25) is 0 Å². The van der Waals surface area contributed by atoms with Crippen LogP contribution < -0.4 is 24.4 Å². The average molecular weight is 579 g/mol. The molecule has 5 nitrogen and oxygen atoms in total. The molecule has 0 fully saturated rings. The summed E-state index contributed by atoms with van der Waals surface area (Å²) in [7, 11) is 5.04. The highest BCUT2D eigenvalue weighted by Crippen LogP contribution is 2.37. The zero-order chi connectivity index (χ0) is 30.3. The monoisotopic (exact) mass is 578 g/mol. The SMILES string of the molecule is COc1ccc(Nc2ccc(-c3ccc(N(c4ccc(OC)cc4)c4ccc(-c5ccc(OC)cc5)cc4)cc3)cc2)cc1. The molecule has 0 unspecified atom stereocenters. The van der Waals surface area contributed by atoms with Crippen molar-refractivity contribution in [2.75, 3.05) is 31.5 Å². The van der Waals surface area contributed by atoms with Gasteiger partial charge in [-0.05, 0) is 119 Å². The standard InChI is InChI=1S/C39H34N2O3/c1-42-37-22-10-31(11-23-37)30-8-18-35(19-9-30)41(36-20-26-39(44-3)27-21-36)34-16-6-29(7-17-34)28-4-12-32(13-5-28)40-33-14-24-38(43-2)25-15-33/h4-27,40H,1-3H3. The lowest BCUT2D eigenvalue weighted by molar-refractivity contribution is 0.415. The van der Waals surface area contributed by atoms with E-state index in [1.165, 1.54) is 0 Å². The van der Waals surface area contributed by atoms with Crippen molar-refractivity contribution < 1.29 is 14.2 Å². The topological polar surface area (TPSA) is 43.0 Å². The molecule has 6 rings (SSSR count). The highest BCUT2D eigenvalue weighted by molar-refractivity contribution is 5.80. The van der Waals surface area contributed by atoms with E-state index < -0.39 is 0 Å². The second-order valence-electron chi connectivity index (χ2n) is 10.3. The van der Waals surface area contributed by atoms with Gasteiger partial charge in [0.15, 0.2) is 0 Å². The Morgan fingerprint density at radius 2 is 0.591 bits per heavy atom. The number of nitrogens with one attached hydrogen (secondary N) is 1. The Balaban J connectivity index is 1.25. The fourth-order valence-electron chi connectivity index (χ4n) is 5.15. The molecule has 0 heterocycles. The lowest BCUT2D eigenvalue weighted by Crippen LogP contribution is -2.09. The second kappa shape index (κ2) is 13.1. The van der Waals surface area contributed by atoms with Gasteiger partial charge in [-0.1, -0.05) is 48.5 Å². The quantitative estimate of drug-likeness (QED) is 0.175. The average Bonchev–Trinajstić information content (AvgIpc) is 3.10. The van der Waals surface area contributed by atoms with Crippen molar-refractivity contribution in [3.8, 4) is 39.5 Å². The van der Waals surface area contributed by atoms with E-state index in [1.807, 2.05) is 48.5 Å². The van der Waals surface area contributed by atoms with Crippen LogP contribution in [0.25, 0.3) is 22.3 Å². The smallest absolute Gasteiger partial charge is 0.119 e. The minimum atomic E-state index is 0.823. The summed E-state index contributed by atoms with van der Waals surface area (Å²) < 4.78 is 16.0. The van der Waals surface area contributed by atoms with Crippen molar-refractivity contribution in [3.05, 3.63) is 146 Å². The second-order valence-corrected chi connectivity index (χ2v) is 10.3. The minimum absolute atomic E-state index is 0.823. The van der Waals surface area contributed by atoms with Crippen molar-refractivity contribution in [3.63, 3.8) is 0 Å². The van der Waals surface area contributed by atoms with E-state index >= 15 is 0 Å². The molecule has 6 aromatic carbocycles. The van der Waals surface area contributed by atoms with Gasteiger partial charge < -0.3 is 24.4 Å². The summed E-state index contributed by atoms with van der Waals surface area (Å²) in [5.74, 6) is 2.51. The van der Waals surface area contributed by atoms with E-state index in [0.29, 0.717) is 0 Å². The number of hydrogen-bond acceptors (Lipinski definition) is 5.